The maximum absolute atomic E-state index is 11.6. The maximum atomic E-state index is 11.6. The number of hydrogen-bond donors (Lipinski definition) is 2. The lowest BCUT2D eigenvalue weighted by molar-refractivity contribution is -0.119. The number of aromatic nitrogens is 2. The lowest BCUT2D eigenvalue weighted by Gasteiger charge is -2.17. The van der Waals surface area contributed by atoms with Gasteiger partial charge < -0.3 is 24.8 Å². The smallest absolute Gasteiger partial charge is 0.220 e. The largest absolute Gasteiger partial charge is 0.495 e. The van der Waals surface area contributed by atoms with Crippen LogP contribution in [0.4, 0.5) is 0 Å². The molecule has 1 aliphatic heterocycles. The van der Waals surface area contributed by atoms with Crippen LogP contribution in [-0.2, 0) is 22.6 Å². The summed E-state index contributed by atoms with van der Waals surface area (Å²) < 4.78 is 17.4. The molecule has 2 atom stereocenters. The van der Waals surface area contributed by atoms with Crippen molar-refractivity contribution in [3.05, 3.63) is 76.8 Å². The van der Waals surface area contributed by atoms with Gasteiger partial charge in [-0.25, -0.2) is 9.97 Å². The van der Waals surface area contributed by atoms with Crippen molar-refractivity contribution in [3.63, 3.8) is 0 Å². The summed E-state index contributed by atoms with van der Waals surface area (Å²) >= 11 is 7.15. The molecule has 2 N–H and O–H groups in total. The van der Waals surface area contributed by atoms with Gasteiger partial charge in [0, 0.05) is 65.2 Å². The number of amides is 1. The molecule has 6 rings (SSSR count). The van der Waals surface area contributed by atoms with Gasteiger partial charge in [0.15, 0.2) is 0 Å². The van der Waals surface area contributed by atoms with Crippen molar-refractivity contribution in [2.24, 2.45) is 5.92 Å². The van der Waals surface area contributed by atoms with E-state index < -0.39 is 0 Å². The minimum atomic E-state index is 0.141. The van der Waals surface area contributed by atoms with Crippen LogP contribution in [-0.4, -0.2) is 55.6 Å². The van der Waals surface area contributed by atoms with Crippen LogP contribution in [0.1, 0.15) is 56.1 Å². The first-order chi connectivity index (χ1) is 23.9. The van der Waals surface area contributed by atoms with Crippen LogP contribution in [0, 0.1) is 5.92 Å². The third-order valence-electron chi connectivity index (χ3n) is 9.50. The first kappa shape index (κ1) is 34.4. The zero-order valence-corrected chi connectivity index (χ0v) is 29.1. The average molecular weight is 683 g/mol. The summed E-state index contributed by atoms with van der Waals surface area (Å²) in [6.07, 6.45) is 6.47. The number of methoxy groups -OCH3 is 3. The molecule has 0 spiro atoms. The zero-order chi connectivity index (χ0) is 34.3. The predicted molar refractivity (Wildman–Crippen MR) is 191 cm³/mol. The number of benzene rings is 2. The molecule has 1 saturated heterocycles. The fourth-order valence-corrected chi connectivity index (χ4v) is 7.26. The van der Waals surface area contributed by atoms with Gasteiger partial charge in [0.2, 0.25) is 17.7 Å². The minimum absolute atomic E-state index is 0.141. The maximum Gasteiger partial charge on any atom is 0.220 e. The van der Waals surface area contributed by atoms with Gasteiger partial charge in [-0.15, -0.1) is 0 Å². The van der Waals surface area contributed by atoms with E-state index >= 15 is 0 Å². The molecule has 1 aliphatic carbocycles. The molecule has 0 radical (unpaired) electrons. The molecule has 10 heteroatoms. The SMILES string of the molecule is COc1nc(-c2cccc(-c3cccc(-c4ccc(CNC[C@@H]5CCC(=O)C5)c(OC)n4)c3OC)c2Cl)ccc1CCC[C@@H]1CCC(=O)N1. The van der Waals surface area contributed by atoms with Gasteiger partial charge in [-0.3, -0.25) is 9.59 Å². The second kappa shape index (κ2) is 15.8. The fourth-order valence-electron chi connectivity index (χ4n) is 6.93. The fraction of sp³-hybridized carbons (Fsp3) is 0.385. The lowest BCUT2D eigenvalue weighted by Crippen LogP contribution is -2.25. The molecule has 4 aromatic rings. The van der Waals surface area contributed by atoms with Crippen LogP contribution in [0.25, 0.3) is 33.6 Å². The highest BCUT2D eigenvalue weighted by atomic mass is 35.5. The molecule has 0 unspecified atom stereocenters. The number of nitrogens with one attached hydrogen (secondary N) is 2. The van der Waals surface area contributed by atoms with Crippen molar-refractivity contribution >= 4 is 23.3 Å². The van der Waals surface area contributed by atoms with E-state index in [-0.39, 0.29) is 11.9 Å². The van der Waals surface area contributed by atoms with Crippen molar-refractivity contribution in [2.45, 2.75) is 64.0 Å². The van der Waals surface area contributed by atoms with Crippen molar-refractivity contribution in [1.29, 1.82) is 0 Å². The zero-order valence-electron chi connectivity index (χ0n) is 28.3. The molecule has 2 aliphatic rings. The van der Waals surface area contributed by atoms with Crippen LogP contribution in [0.15, 0.2) is 60.7 Å². The topological polar surface area (TPSA) is 112 Å². The number of ether oxygens (including phenoxy) is 3. The van der Waals surface area contributed by atoms with Crippen LogP contribution in [0.5, 0.6) is 17.5 Å². The second-order valence-electron chi connectivity index (χ2n) is 12.8. The van der Waals surface area contributed by atoms with Gasteiger partial charge in [-0.1, -0.05) is 54.1 Å². The number of aryl methyl sites for hydroxylation is 1. The van der Waals surface area contributed by atoms with Crippen LogP contribution >= 0.6 is 11.6 Å². The van der Waals surface area contributed by atoms with E-state index in [4.69, 9.17) is 35.8 Å². The Kier molecular flexibility index (Phi) is 11.1. The van der Waals surface area contributed by atoms with Crippen molar-refractivity contribution in [2.75, 3.05) is 27.9 Å². The van der Waals surface area contributed by atoms with Gasteiger partial charge >= 0.3 is 0 Å². The highest BCUT2D eigenvalue weighted by Crippen LogP contribution is 2.44. The Morgan fingerprint density at radius 1 is 0.796 bits per heavy atom. The molecule has 3 heterocycles. The summed E-state index contributed by atoms with van der Waals surface area (Å²) in [5, 5.41) is 7.06. The van der Waals surface area contributed by atoms with E-state index in [9.17, 15) is 9.59 Å². The third-order valence-corrected chi connectivity index (χ3v) is 9.91. The standard InChI is InChI=1S/C39H43ClN4O5/c1-47-37-30(10-6-12-32(37)34-19-15-26(39(44-34)49-3)23-41-22-24-13-17-28(45)21-24)29-9-5-11-31(36(29)40)33-18-14-25(38(43-33)48-2)7-4-8-27-16-20-35(46)42-27/h5-6,9-12,14-15,18-19,24,27,41H,4,7-8,13,16-17,20-23H2,1-3H3,(H,42,46)/t24-,27-/m1/s1. The van der Waals surface area contributed by atoms with Gasteiger partial charge in [0.05, 0.1) is 37.7 Å². The number of hydrogen-bond acceptors (Lipinski definition) is 8. The van der Waals surface area contributed by atoms with E-state index in [0.29, 0.717) is 71.4 Å². The van der Waals surface area contributed by atoms with Crippen LogP contribution < -0.4 is 24.8 Å². The molecule has 2 fully saturated rings. The number of ketones is 1. The summed E-state index contributed by atoms with van der Waals surface area (Å²) in [6.45, 7) is 1.39. The Bertz CT molecular complexity index is 1830. The van der Waals surface area contributed by atoms with E-state index in [1.807, 2.05) is 60.7 Å². The van der Waals surface area contributed by atoms with E-state index in [1.54, 1.807) is 21.3 Å². The molecule has 2 aromatic heterocycles. The van der Waals surface area contributed by atoms with E-state index in [2.05, 4.69) is 10.6 Å². The van der Waals surface area contributed by atoms with E-state index in [1.165, 1.54) is 0 Å². The molecule has 1 amide bonds. The quantitative estimate of drug-likeness (QED) is 0.143. The Morgan fingerprint density at radius 2 is 1.47 bits per heavy atom. The summed E-state index contributed by atoms with van der Waals surface area (Å²) in [4.78, 5) is 32.9. The molecule has 49 heavy (non-hydrogen) atoms. The Balaban J connectivity index is 1.23. The minimum Gasteiger partial charge on any atom is -0.495 e. The second-order valence-corrected chi connectivity index (χ2v) is 13.1. The number of pyridine rings is 2. The van der Waals surface area contributed by atoms with Gasteiger partial charge in [0.25, 0.3) is 0 Å². The van der Waals surface area contributed by atoms with Gasteiger partial charge in [0.1, 0.15) is 11.5 Å². The van der Waals surface area contributed by atoms with Crippen molar-refractivity contribution in [3.8, 4) is 51.2 Å². The Morgan fingerprint density at radius 3 is 2.14 bits per heavy atom. The number of carbonyl (C=O) groups is 2. The first-order valence-corrected chi connectivity index (χ1v) is 17.3. The normalized spacial score (nSPS) is 17.3. The number of carbonyl (C=O) groups excluding carboxylic acids is 2. The Hall–Kier alpha value is -4.47. The molecule has 9 nitrogen and oxygen atoms in total. The summed E-state index contributed by atoms with van der Waals surface area (Å²) in [5.74, 6) is 2.64. The highest BCUT2D eigenvalue weighted by molar-refractivity contribution is 6.36. The van der Waals surface area contributed by atoms with Crippen molar-refractivity contribution in [1.82, 2.24) is 20.6 Å². The first-order valence-electron chi connectivity index (χ1n) is 16.9. The lowest BCUT2D eigenvalue weighted by atomic mass is 9.96. The molecule has 2 aromatic carbocycles. The number of Topliss-reactive ketones (excluding diaryl/α,β-unsaturated/α-hetero) is 1. The van der Waals surface area contributed by atoms with Gasteiger partial charge in [-0.05, 0) is 62.8 Å². The molecule has 256 valence electrons. The monoisotopic (exact) mass is 682 g/mol. The van der Waals surface area contributed by atoms with Gasteiger partial charge in [-0.2, -0.15) is 0 Å². The number of nitrogens with zero attached hydrogens (tertiary/aromatic N) is 2. The molecule has 1 saturated carbocycles. The average Bonchev–Trinajstić information content (AvgIpc) is 3.74. The van der Waals surface area contributed by atoms with Crippen molar-refractivity contribution < 1.29 is 23.8 Å². The summed E-state index contributed by atoms with van der Waals surface area (Å²) in [7, 11) is 4.90. The predicted octanol–water partition coefficient (Wildman–Crippen LogP) is 7.22. The number of halogens is 1. The third kappa shape index (κ3) is 7.89. The van der Waals surface area contributed by atoms with Crippen LogP contribution in [0.3, 0.4) is 0 Å². The number of rotatable bonds is 14. The van der Waals surface area contributed by atoms with E-state index in [0.717, 1.165) is 72.0 Å². The number of para-hydroxylation sites is 1. The molecular formula is C39H43ClN4O5. The van der Waals surface area contributed by atoms with Crippen LogP contribution in [0.2, 0.25) is 5.02 Å². The highest BCUT2D eigenvalue weighted by Gasteiger charge is 2.23. The molecule has 0 bridgehead atoms. The summed E-state index contributed by atoms with van der Waals surface area (Å²) in [6, 6.07) is 20.1. The summed E-state index contributed by atoms with van der Waals surface area (Å²) in [5.41, 5.74) is 6.61. The Labute approximate surface area is 292 Å². The molecular weight excluding hydrogens is 640 g/mol.